The van der Waals surface area contributed by atoms with E-state index in [2.05, 4.69) is 19.2 Å². The summed E-state index contributed by atoms with van der Waals surface area (Å²) in [4.78, 5) is 0. The maximum absolute atomic E-state index is 3.46. The molecule has 0 bridgehead atoms. The predicted octanol–water partition coefficient (Wildman–Crippen LogP) is 1.39. The van der Waals surface area contributed by atoms with E-state index < -0.39 is 0 Å². The highest BCUT2D eigenvalue weighted by molar-refractivity contribution is 4.77. The lowest BCUT2D eigenvalue weighted by Crippen LogP contribution is -2.19. The van der Waals surface area contributed by atoms with Gasteiger partial charge in [0.05, 0.1) is 0 Å². The molecule has 0 aromatic carbocycles. The van der Waals surface area contributed by atoms with Gasteiger partial charge in [0.1, 0.15) is 0 Å². The zero-order valence-electron chi connectivity index (χ0n) is 5.78. The Bertz CT molecular complexity index is 70.8. The third kappa shape index (κ3) is 1.22. The molecule has 1 aliphatic heterocycles. The van der Waals surface area contributed by atoms with Crippen LogP contribution in [0.4, 0.5) is 0 Å². The second-order valence-corrected chi connectivity index (χ2v) is 2.85. The lowest BCUT2D eigenvalue weighted by molar-refractivity contribution is 0.568. The van der Waals surface area contributed by atoms with Gasteiger partial charge in [0.15, 0.2) is 0 Å². The van der Waals surface area contributed by atoms with E-state index in [0.717, 1.165) is 12.0 Å². The second kappa shape index (κ2) is 2.49. The Morgan fingerprint density at radius 3 is 2.62 bits per heavy atom. The molecule has 8 heavy (non-hydrogen) atoms. The molecule has 1 saturated heterocycles. The van der Waals surface area contributed by atoms with Crippen LogP contribution in [0.25, 0.3) is 0 Å². The summed E-state index contributed by atoms with van der Waals surface area (Å²) in [6.07, 6.45) is 2.68. The maximum atomic E-state index is 3.46. The first-order valence-electron chi connectivity index (χ1n) is 3.56. The van der Waals surface area contributed by atoms with Crippen LogP contribution in [-0.4, -0.2) is 12.6 Å². The first-order valence-corrected chi connectivity index (χ1v) is 3.56. The Kier molecular flexibility index (Phi) is 1.90. The molecular formula is C7H15N. The van der Waals surface area contributed by atoms with E-state index in [1.807, 2.05) is 0 Å². The summed E-state index contributed by atoms with van der Waals surface area (Å²) in [5.74, 6) is 0.917. The molecule has 0 aromatic rings. The topological polar surface area (TPSA) is 12.0 Å². The molecule has 0 amide bonds. The molecular weight excluding hydrogens is 98.1 g/mol. The molecule has 0 aromatic heterocycles. The monoisotopic (exact) mass is 113 g/mol. The van der Waals surface area contributed by atoms with Crippen LogP contribution in [0.1, 0.15) is 26.7 Å². The molecule has 1 nitrogen and oxygen atoms in total. The van der Waals surface area contributed by atoms with Gasteiger partial charge in [-0.15, -0.1) is 0 Å². The van der Waals surface area contributed by atoms with E-state index in [-0.39, 0.29) is 0 Å². The Morgan fingerprint density at radius 2 is 2.38 bits per heavy atom. The van der Waals surface area contributed by atoms with Crippen molar-refractivity contribution in [2.75, 3.05) is 6.54 Å². The van der Waals surface area contributed by atoms with Gasteiger partial charge < -0.3 is 5.32 Å². The minimum Gasteiger partial charge on any atom is -0.314 e. The van der Waals surface area contributed by atoms with Gasteiger partial charge in [0.25, 0.3) is 0 Å². The van der Waals surface area contributed by atoms with Crippen LogP contribution >= 0.6 is 0 Å². The maximum Gasteiger partial charge on any atom is 0.00675 e. The minimum absolute atomic E-state index is 0.824. The van der Waals surface area contributed by atoms with Crippen LogP contribution in [0, 0.1) is 5.92 Å². The largest absolute Gasteiger partial charge is 0.314 e. The summed E-state index contributed by atoms with van der Waals surface area (Å²) in [5, 5.41) is 3.46. The molecule has 1 heterocycles. The highest BCUT2D eigenvalue weighted by Crippen LogP contribution is 2.14. The molecule has 0 aliphatic carbocycles. The molecule has 1 fully saturated rings. The van der Waals surface area contributed by atoms with Gasteiger partial charge in [-0.2, -0.15) is 0 Å². The Hall–Kier alpha value is -0.0400. The van der Waals surface area contributed by atoms with Gasteiger partial charge in [-0.05, 0) is 25.3 Å². The van der Waals surface area contributed by atoms with Crippen LogP contribution in [0.15, 0.2) is 0 Å². The highest BCUT2D eigenvalue weighted by Gasteiger charge is 2.17. The van der Waals surface area contributed by atoms with Crippen LogP contribution in [-0.2, 0) is 0 Å². The smallest absolute Gasteiger partial charge is 0.00675 e. The average Bonchev–Trinajstić information content (AvgIpc) is 2.14. The molecule has 0 radical (unpaired) electrons. The van der Waals surface area contributed by atoms with E-state index in [0.29, 0.717) is 0 Å². The fraction of sp³-hybridized carbons (Fsp3) is 1.00. The van der Waals surface area contributed by atoms with E-state index in [9.17, 15) is 0 Å². The van der Waals surface area contributed by atoms with Gasteiger partial charge in [0, 0.05) is 6.04 Å². The first kappa shape index (κ1) is 6.09. The van der Waals surface area contributed by atoms with Crippen molar-refractivity contribution in [2.45, 2.75) is 32.7 Å². The summed E-state index contributed by atoms with van der Waals surface area (Å²) in [6, 6.07) is 0.824. The molecule has 1 N–H and O–H groups in total. The zero-order chi connectivity index (χ0) is 5.98. The SMILES string of the molecule is CC[C@@H]1C[C@H](C)CN1. The summed E-state index contributed by atoms with van der Waals surface area (Å²) >= 11 is 0. The lowest BCUT2D eigenvalue weighted by atomic mass is 10.1. The molecule has 1 rings (SSSR count). The number of hydrogen-bond acceptors (Lipinski definition) is 1. The third-order valence-electron chi connectivity index (χ3n) is 1.93. The lowest BCUT2D eigenvalue weighted by Gasteiger charge is -2.02. The first-order chi connectivity index (χ1) is 3.83. The number of nitrogens with one attached hydrogen (secondary N) is 1. The van der Waals surface area contributed by atoms with Gasteiger partial charge >= 0.3 is 0 Å². The van der Waals surface area contributed by atoms with Crippen molar-refractivity contribution < 1.29 is 0 Å². The van der Waals surface area contributed by atoms with Crippen molar-refractivity contribution in [1.29, 1.82) is 0 Å². The summed E-state index contributed by atoms with van der Waals surface area (Å²) in [6.45, 7) is 5.79. The molecule has 0 spiro atoms. The van der Waals surface area contributed by atoms with Crippen molar-refractivity contribution in [2.24, 2.45) is 5.92 Å². The number of hydrogen-bond donors (Lipinski definition) is 1. The minimum atomic E-state index is 0.824. The van der Waals surface area contributed by atoms with Crippen LogP contribution in [0.5, 0.6) is 0 Å². The normalized spacial score (nSPS) is 38.2. The van der Waals surface area contributed by atoms with Crippen molar-refractivity contribution in [3.8, 4) is 0 Å². The van der Waals surface area contributed by atoms with E-state index in [1.54, 1.807) is 0 Å². The Balaban J connectivity index is 2.22. The summed E-state index contributed by atoms with van der Waals surface area (Å²) < 4.78 is 0. The standard InChI is InChI=1S/C7H15N/c1-3-7-4-6(2)5-8-7/h6-8H,3-5H2,1-2H3/t6-,7+/m0/s1. The molecule has 0 saturated carbocycles. The predicted molar refractivity (Wildman–Crippen MR) is 35.9 cm³/mol. The second-order valence-electron chi connectivity index (χ2n) is 2.85. The summed E-state index contributed by atoms with van der Waals surface area (Å²) in [5.41, 5.74) is 0. The fourth-order valence-electron chi connectivity index (χ4n) is 1.33. The number of rotatable bonds is 1. The van der Waals surface area contributed by atoms with Gasteiger partial charge in [0.2, 0.25) is 0 Å². The molecule has 1 heteroatoms. The highest BCUT2D eigenvalue weighted by atomic mass is 14.9. The van der Waals surface area contributed by atoms with Crippen molar-refractivity contribution in [1.82, 2.24) is 5.32 Å². The van der Waals surface area contributed by atoms with Crippen molar-refractivity contribution >= 4 is 0 Å². The third-order valence-corrected chi connectivity index (χ3v) is 1.93. The van der Waals surface area contributed by atoms with E-state index in [4.69, 9.17) is 0 Å². The fourth-order valence-corrected chi connectivity index (χ4v) is 1.33. The zero-order valence-corrected chi connectivity index (χ0v) is 5.78. The van der Waals surface area contributed by atoms with Gasteiger partial charge in [-0.1, -0.05) is 13.8 Å². The molecule has 2 atom stereocenters. The van der Waals surface area contributed by atoms with Gasteiger partial charge in [-0.3, -0.25) is 0 Å². The quantitative estimate of drug-likeness (QED) is 0.542. The van der Waals surface area contributed by atoms with Crippen LogP contribution in [0.3, 0.4) is 0 Å². The van der Waals surface area contributed by atoms with Crippen LogP contribution in [0.2, 0.25) is 0 Å². The Morgan fingerprint density at radius 1 is 1.62 bits per heavy atom. The van der Waals surface area contributed by atoms with Crippen molar-refractivity contribution in [3.05, 3.63) is 0 Å². The Labute approximate surface area is 51.5 Å². The molecule has 0 unspecified atom stereocenters. The average molecular weight is 113 g/mol. The van der Waals surface area contributed by atoms with Crippen molar-refractivity contribution in [3.63, 3.8) is 0 Å². The molecule has 48 valence electrons. The molecule has 1 aliphatic rings. The summed E-state index contributed by atoms with van der Waals surface area (Å²) in [7, 11) is 0. The van der Waals surface area contributed by atoms with E-state index in [1.165, 1.54) is 19.4 Å². The van der Waals surface area contributed by atoms with Gasteiger partial charge in [-0.25, -0.2) is 0 Å². The van der Waals surface area contributed by atoms with E-state index >= 15 is 0 Å². The van der Waals surface area contributed by atoms with Crippen LogP contribution < -0.4 is 5.32 Å².